The van der Waals surface area contributed by atoms with E-state index in [1.807, 2.05) is 11.8 Å². The molecule has 1 aliphatic rings. The van der Waals surface area contributed by atoms with E-state index in [1.165, 1.54) is 5.56 Å². The van der Waals surface area contributed by atoms with E-state index in [4.69, 9.17) is 4.98 Å². The fraction of sp³-hybridized carbons (Fsp3) is 0.471. The molecule has 2 aromatic heterocycles. The van der Waals surface area contributed by atoms with Gasteiger partial charge < -0.3 is 9.80 Å². The summed E-state index contributed by atoms with van der Waals surface area (Å²) in [6.45, 7) is 9.06. The maximum atomic E-state index is 11.5. The third-order valence-corrected chi connectivity index (χ3v) is 4.26. The number of anilines is 1. The molecule has 3 rings (SSSR count). The number of aryl methyl sites for hydroxylation is 2. The highest BCUT2D eigenvalue weighted by atomic mass is 16.2. The Balaban J connectivity index is 1.88. The molecule has 1 saturated heterocycles. The Morgan fingerprint density at radius 2 is 1.91 bits per heavy atom. The molecule has 5 nitrogen and oxygen atoms in total. The normalized spacial score (nSPS) is 16.0. The zero-order valence-corrected chi connectivity index (χ0v) is 13.5. The van der Waals surface area contributed by atoms with Gasteiger partial charge in [-0.2, -0.15) is 0 Å². The molecule has 0 spiro atoms. The number of fused-ring (bicyclic) bond motifs is 1. The number of carbonyl (C=O) groups excluding carboxylic acids is 1. The molecule has 0 aliphatic carbocycles. The van der Waals surface area contributed by atoms with Crippen LogP contribution in [0.5, 0.6) is 0 Å². The number of aromatic nitrogens is 2. The van der Waals surface area contributed by atoms with Crippen LogP contribution < -0.4 is 4.90 Å². The zero-order valence-electron chi connectivity index (χ0n) is 13.5. The predicted octanol–water partition coefficient (Wildman–Crippen LogP) is 2.31. The highest BCUT2D eigenvalue weighted by Crippen LogP contribution is 2.21. The third-order valence-electron chi connectivity index (χ3n) is 4.26. The van der Waals surface area contributed by atoms with Gasteiger partial charge in [-0.05, 0) is 44.0 Å². The van der Waals surface area contributed by atoms with Crippen molar-refractivity contribution in [3.63, 3.8) is 0 Å². The molecule has 1 aliphatic heterocycles. The first-order valence-electron chi connectivity index (χ1n) is 7.80. The van der Waals surface area contributed by atoms with Gasteiger partial charge in [-0.25, -0.2) is 9.97 Å². The fourth-order valence-electron chi connectivity index (χ4n) is 3.06. The Hall–Kier alpha value is -2.17. The summed E-state index contributed by atoms with van der Waals surface area (Å²) in [7, 11) is 0. The zero-order chi connectivity index (χ0) is 15.7. The molecule has 0 aromatic carbocycles. The average molecular weight is 298 g/mol. The van der Waals surface area contributed by atoms with E-state index in [1.54, 1.807) is 6.92 Å². The van der Waals surface area contributed by atoms with Gasteiger partial charge in [0, 0.05) is 44.2 Å². The van der Waals surface area contributed by atoms with Crippen LogP contribution in [0.3, 0.4) is 0 Å². The van der Waals surface area contributed by atoms with Crippen LogP contribution in [-0.4, -0.2) is 47.0 Å². The largest absolute Gasteiger partial charge is 0.355 e. The van der Waals surface area contributed by atoms with Crippen LogP contribution in [0.15, 0.2) is 18.2 Å². The molecule has 0 radical (unpaired) electrons. The number of hydrogen-bond acceptors (Lipinski definition) is 4. The van der Waals surface area contributed by atoms with E-state index < -0.39 is 0 Å². The lowest BCUT2D eigenvalue weighted by molar-refractivity contribution is -0.128. The smallest absolute Gasteiger partial charge is 0.219 e. The molecule has 5 heteroatoms. The summed E-state index contributed by atoms with van der Waals surface area (Å²) < 4.78 is 0. The lowest BCUT2D eigenvalue weighted by Crippen LogP contribution is -2.33. The van der Waals surface area contributed by atoms with E-state index >= 15 is 0 Å². The maximum Gasteiger partial charge on any atom is 0.219 e. The van der Waals surface area contributed by atoms with Crippen molar-refractivity contribution in [2.24, 2.45) is 0 Å². The quantitative estimate of drug-likeness (QED) is 0.810. The fourth-order valence-corrected chi connectivity index (χ4v) is 3.06. The van der Waals surface area contributed by atoms with Gasteiger partial charge in [-0.3, -0.25) is 4.79 Å². The first-order valence-corrected chi connectivity index (χ1v) is 7.80. The molecule has 116 valence electrons. The lowest BCUT2D eigenvalue weighted by Gasteiger charge is -2.22. The van der Waals surface area contributed by atoms with Gasteiger partial charge in [-0.15, -0.1) is 0 Å². The average Bonchev–Trinajstić information content (AvgIpc) is 2.72. The molecule has 0 N–H and O–H groups in total. The molecule has 0 bridgehead atoms. The van der Waals surface area contributed by atoms with Crippen molar-refractivity contribution in [1.29, 1.82) is 0 Å². The SMILES string of the molecule is CC(=O)N1CCCN(c2ccc3c(C)cc(C)nc3n2)CC1. The van der Waals surface area contributed by atoms with Crippen molar-refractivity contribution in [1.82, 2.24) is 14.9 Å². The van der Waals surface area contributed by atoms with E-state index in [-0.39, 0.29) is 5.91 Å². The number of rotatable bonds is 1. The summed E-state index contributed by atoms with van der Waals surface area (Å²) in [5, 5.41) is 1.11. The third kappa shape index (κ3) is 2.89. The van der Waals surface area contributed by atoms with Crippen LogP contribution in [0.4, 0.5) is 5.82 Å². The van der Waals surface area contributed by atoms with Crippen LogP contribution in [-0.2, 0) is 4.79 Å². The second-order valence-corrected chi connectivity index (χ2v) is 5.97. The second-order valence-electron chi connectivity index (χ2n) is 5.97. The first-order chi connectivity index (χ1) is 10.5. The summed E-state index contributed by atoms with van der Waals surface area (Å²) in [5.74, 6) is 1.11. The Morgan fingerprint density at radius 3 is 2.68 bits per heavy atom. The summed E-state index contributed by atoms with van der Waals surface area (Å²) in [6.07, 6.45) is 0.972. The number of nitrogens with zero attached hydrogens (tertiary/aromatic N) is 4. The number of amides is 1. The molecule has 1 amide bonds. The summed E-state index contributed by atoms with van der Waals surface area (Å²) in [4.78, 5) is 25.0. The summed E-state index contributed by atoms with van der Waals surface area (Å²) in [6, 6.07) is 6.25. The van der Waals surface area contributed by atoms with Gasteiger partial charge in [0.25, 0.3) is 0 Å². The monoisotopic (exact) mass is 298 g/mol. The molecule has 2 aromatic rings. The van der Waals surface area contributed by atoms with Crippen molar-refractivity contribution in [3.8, 4) is 0 Å². The highest BCUT2D eigenvalue weighted by Gasteiger charge is 2.18. The minimum absolute atomic E-state index is 0.154. The van der Waals surface area contributed by atoms with Crippen LogP contribution in [0.1, 0.15) is 24.6 Å². The molecule has 3 heterocycles. The molecule has 0 unspecified atom stereocenters. The molecule has 0 saturated carbocycles. The number of pyridine rings is 2. The van der Waals surface area contributed by atoms with Crippen LogP contribution >= 0.6 is 0 Å². The molecular weight excluding hydrogens is 276 g/mol. The molecular formula is C17H22N4O. The molecule has 22 heavy (non-hydrogen) atoms. The standard InChI is InChI=1S/C17H22N4O/c1-12-11-13(2)18-17-15(12)5-6-16(19-17)21-8-4-7-20(9-10-21)14(3)22/h5-6,11H,4,7-10H2,1-3H3. The van der Waals surface area contributed by atoms with Gasteiger partial charge >= 0.3 is 0 Å². The lowest BCUT2D eigenvalue weighted by atomic mass is 10.1. The summed E-state index contributed by atoms with van der Waals surface area (Å²) >= 11 is 0. The second kappa shape index (κ2) is 5.91. The maximum absolute atomic E-state index is 11.5. The van der Waals surface area contributed by atoms with Crippen molar-refractivity contribution in [3.05, 3.63) is 29.5 Å². The number of carbonyl (C=O) groups is 1. The van der Waals surface area contributed by atoms with Crippen LogP contribution in [0.2, 0.25) is 0 Å². The number of hydrogen-bond donors (Lipinski definition) is 0. The van der Waals surface area contributed by atoms with Crippen LogP contribution in [0.25, 0.3) is 11.0 Å². The Bertz CT molecular complexity index is 713. The molecule has 0 atom stereocenters. The van der Waals surface area contributed by atoms with Gasteiger partial charge in [0.05, 0.1) is 0 Å². The van der Waals surface area contributed by atoms with Crippen molar-refractivity contribution < 1.29 is 4.79 Å². The minimum Gasteiger partial charge on any atom is -0.355 e. The van der Waals surface area contributed by atoms with Crippen molar-refractivity contribution in [2.75, 3.05) is 31.1 Å². The van der Waals surface area contributed by atoms with Gasteiger partial charge in [0.15, 0.2) is 5.65 Å². The van der Waals surface area contributed by atoms with Gasteiger partial charge in [0.2, 0.25) is 5.91 Å². The van der Waals surface area contributed by atoms with Crippen molar-refractivity contribution >= 4 is 22.8 Å². The molecule has 1 fully saturated rings. The summed E-state index contributed by atoms with van der Waals surface area (Å²) in [5.41, 5.74) is 3.01. The topological polar surface area (TPSA) is 49.3 Å². The minimum atomic E-state index is 0.154. The predicted molar refractivity (Wildman–Crippen MR) is 88.1 cm³/mol. The van der Waals surface area contributed by atoms with E-state index in [0.717, 1.165) is 55.1 Å². The Kier molecular flexibility index (Phi) is 3.96. The highest BCUT2D eigenvalue weighted by molar-refractivity contribution is 5.80. The van der Waals surface area contributed by atoms with Gasteiger partial charge in [-0.1, -0.05) is 0 Å². The first kappa shape index (κ1) is 14.8. The van der Waals surface area contributed by atoms with E-state index in [2.05, 4.69) is 35.0 Å². The van der Waals surface area contributed by atoms with Gasteiger partial charge in [0.1, 0.15) is 5.82 Å². The van der Waals surface area contributed by atoms with E-state index in [0.29, 0.717) is 0 Å². The Labute approximate surface area is 131 Å². The van der Waals surface area contributed by atoms with Crippen LogP contribution in [0, 0.1) is 13.8 Å². The van der Waals surface area contributed by atoms with Crippen molar-refractivity contribution in [2.45, 2.75) is 27.2 Å². The Morgan fingerprint density at radius 1 is 1.09 bits per heavy atom. The van der Waals surface area contributed by atoms with E-state index in [9.17, 15) is 4.79 Å².